The number of ether oxygens (including phenoxy) is 5. The minimum absolute atomic E-state index is 0.0447. The van der Waals surface area contributed by atoms with E-state index in [0.29, 0.717) is 57.4 Å². The normalized spacial score (nSPS) is 14.5. The van der Waals surface area contributed by atoms with Crippen LogP contribution in [0, 0.1) is 11.3 Å². The zero-order chi connectivity index (χ0) is 28.9. The number of amides is 1. The van der Waals surface area contributed by atoms with E-state index in [1.54, 1.807) is 31.3 Å². The van der Waals surface area contributed by atoms with E-state index in [-0.39, 0.29) is 18.7 Å². The van der Waals surface area contributed by atoms with Crippen LogP contribution in [0.15, 0.2) is 66.9 Å². The lowest BCUT2D eigenvalue weighted by molar-refractivity contribution is 0.101. The molecule has 1 amide bonds. The van der Waals surface area contributed by atoms with Crippen molar-refractivity contribution < 1.29 is 28.5 Å². The summed E-state index contributed by atoms with van der Waals surface area (Å²) in [6, 6.07) is 20.6. The highest BCUT2D eigenvalue weighted by Gasteiger charge is 2.33. The Hall–Kier alpha value is -5.17. The lowest BCUT2D eigenvalue weighted by atomic mass is 10.1. The van der Waals surface area contributed by atoms with Crippen LogP contribution >= 0.6 is 0 Å². The number of benzene rings is 3. The summed E-state index contributed by atoms with van der Waals surface area (Å²) in [7, 11) is 3.14. The topological polar surface area (TPSA) is 115 Å². The number of methoxy groups -OCH3 is 2. The molecule has 1 atom stereocenters. The lowest BCUT2D eigenvalue weighted by Gasteiger charge is -2.18. The number of pyridine rings is 1. The van der Waals surface area contributed by atoms with Gasteiger partial charge in [-0.05, 0) is 56.3 Å². The summed E-state index contributed by atoms with van der Waals surface area (Å²) >= 11 is 0. The Kier molecular flexibility index (Phi) is 7.97. The molecular weight excluding hydrogens is 524 g/mol. The van der Waals surface area contributed by atoms with Crippen LogP contribution in [0.5, 0.6) is 28.7 Å². The van der Waals surface area contributed by atoms with Crippen molar-refractivity contribution >= 4 is 28.4 Å². The van der Waals surface area contributed by atoms with Crippen molar-refractivity contribution in [3.63, 3.8) is 0 Å². The fraction of sp³-hybridized carbons (Fsp3) is 0.258. The van der Waals surface area contributed by atoms with Crippen LogP contribution in [0.4, 0.5) is 16.2 Å². The van der Waals surface area contributed by atoms with Gasteiger partial charge in [0.2, 0.25) is 0 Å². The first kappa shape index (κ1) is 27.4. The van der Waals surface area contributed by atoms with E-state index in [1.807, 2.05) is 62.4 Å². The highest BCUT2D eigenvalue weighted by molar-refractivity contribution is 5.97. The molecule has 10 heteroatoms. The Morgan fingerprint density at radius 2 is 1.78 bits per heavy atom. The van der Waals surface area contributed by atoms with Crippen LogP contribution in [0.2, 0.25) is 0 Å². The van der Waals surface area contributed by atoms with Gasteiger partial charge in [-0.1, -0.05) is 12.1 Å². The molecule has 10 nitrogen and oxygen atoms in total. The second-order valence-electron chi connectivity index (χ2n) is 9.64. The summed E-state index contributed by atoms with van der Waals surface area (Å²) < 4.78 is 28.4. The predicted molar refractivity (Wildman–Crippen MR) is 153 cm³/mol. The molecule has 0 unspecified atom stereocenters. The van der Waals surface area contributed by atoms with Crippen molar-refractivity contribution in [3.05, 3.63) is 72.4 Å². The van der Waals surface area contributed by atoms with Gasteiger partial charge in [0.15, 0.2) is 29.1 Å². The molecule has 1 aliphatic heterocycles. The molecule has 0 radical (unpaired) electrons. The molecule has 1 fully saturated rings. The average molecular weight is 555 g/mol. The number of anilines is 2. The molecule has 0 spiro atoms. The standard InChI is InChI=1S/C31H30N4O6/c1-19(2)35-17-23(41-31(35)36)18-39-29-14-25-24(13-28(29)38-4)30(20(15-32)16-33-25)34-21-9-11-22(12-10-21)40-27-8-6-5-7-26(27)37-3/h5-14,16,19,23H,17-18H2,1-4H3,(H,33,34)/t23-/m0/s1. The Bertz CT molecular complexity index is 1600. The molecule has 0 aliphatic carbocycles. The molecule has 0 bridgehead atoms. The number of hydrogen-bond donors (Lipinski definition) is 1. The molecule has 4 aromatic rings. The van der Waals surface area contributed by atoms with Crippen molar-refractivity contribution in [3.8, 4) is 34.8 Å². The van der Waals surface area contributed by atoms with Gasteiger partial charge in [-0.15, -0.1) is 0 Å². The van der Waals surface area contributed by atoms with Gasteiger partial charge in [0.25, 0.3) is 0 Å². The van der Waals surface area contributed by atoms with E-state index >= 15 is 0 Å². The Morgan fingerprint density at radius 3 is 2.44 bits per heavy atom. The number of carbonyl (C=O) groups excluding carboxylic acids is 1. The SMILES string of the molecule is COc1cc2c(Nc3ccc(Oc4ccccc4OC)cc3)c(C#N)cnc2cc1OC[C@@H]1CN(C(C)C)C(=O)O1. The summed E-state index contributed by atoms with van der Waals surface area (Å²) in [5.74, 6) is 2.79. The smallest absolute Gasteiger partial charge is 0.410 e. The molecule has 5 rings (SSSR count). The number of nitriles is 1. The van der Waals surface area contributed by atoms with E-state index < -0.39 is 6.10 Å². The van der Waals surface area contributed by atoms with Gasteiger partial charge in [0.05, 0.1) is 37.5 Å². The summed E-state index contributed by atoms with van der Waals surface area (Å²) in [6.45, 7) is 4.50. The fourth-order valence-corrected chi connectivity index (χ4v) is 4.51. The number of nitrogens with zero attached hydrogens (tertiary/aromatic N) is 3. The molecule has 1 aliphatic rings. The van der Waals surface area contributed by atoms with E-state index in [4.69, 9.17) is 23.7 Å². The average Bonchev–Trinajstić information content (AvgIpc) is 3.37. The number of para-hydroxylation sites is 2. The van der Waals surface area contributed by atoms with E-state index in [0.717, 1.165) is 5.69 Å². The van der Waals surface area contributed by atoms with Gasteiger partial charge < -0.3 is 33.9 Å². The molecule has 2 heterocycles. The number of carbonyl (C=O) groups is 1. The monoisotopic (exact) mass is 554 g/mol. The van der Waals surface area contributed by atoms with Crippen LogP contribution in [0.3, 0.4) is 0 Å². The number of rotatable bonds is 10. The molecule has 210 valence electrons. The van der Waals surface area contributed by atoms with Crippen LogP contribution < -0.4 is 24.3 Å². The van der Waals surface area contributed by atoms with Crippen molar-refractivity contribution in [2.45, 2.75) is 26.0 Å². The van der Waals surface area contributed by atoms with E-state index in [1.165, 1.54) is 6.20 Å². The van der Waals surface area contributed by atoms with Gasteiger partial charge in [0.1, 0.15) is 18.4 Å². The van der Waals surface area contributed by atoms with Crippen molar-refractivity contribution in [1.82, 2.24) is 9.88 Å². The van der Waals surface area contributed by atoms with Crippen molar-refractivity contribution in [1.29, 1.82) is 5.26 Å². The second-order valence-corrected chi connectivity index (χ2v) is 9.64. The van der Waals surface area contributed by atoms with Crippen molar-refractivity contribution in [2.24, 2.45) is 0 Å². The van der Waals surface area contributed by atoms with Gasteiger partial charge in [-0.3, -0.25) is 4.98 Å². The predicted octanol–water partition coefficient (Wildman–Crippen LogP) is 6.27. The number of hydrogen-bond acceptors (Lipinski definition) is 9. The Morgan fingerprint density at radius 1 is 1.05 bits per heavy atom. The molecule has 1 N–H and O–H groups in total. The fourth-order valence-electron chi connectivity index (χ4n) is 4.51. The van der Waals surface area contributed by atoms with Crippen LogP contribution in [0.1, 0.15) is 19.4 Å². The maximum Gasteiger partial charge on any atom is 0.410 e. The molecular formula is C31H30N4O6. The first-order chi connectivity index (χ1) is 19.9. The summed E-state index contributed by atoms with van der Waals surface area (Å²) in [6.07, 6.45) is 0.769. The van der Waals surface area contributed by atoms with E-state index in [2.05, 4.69) is 16.4 Å². The van der Waals surface area contributed by atoms with Gasteiger partial charge in [0, 0.05) is 29.4 Å². The quantitative estimate of drug-likeness (QED) is 0.242. The molecule has 41 heavy (non-hydrogen) atoms. The number of nitrogens with one attached hydrogen (secondary N) is 1. The van der Waals surface area contributed by atoms with Crippen LogP contribution in [0.25, 0.3) is 10.9 Å². The maximum atomic E-state index is 12.1. The zero-order valence-corrected chi connectivity index (χ0v) is 23.2. The maximum absolute atomic E-state index is 12.1. The lowest BCUT2D eigenvalue weighted by Crippen LogP contribution is -2.32. The zero-order valence-electron chi connectivity index (χ0n) is 23.2. The molecule has 1 saturated heterocycles. The third-order valence-corrected chi connectivity index (χ3v) is 6.64. The summed E-state index contributed by atoms with van der Waals surface area (Å²) in [5.41, 5.74) is 2.30. The molecule has 3 aromatic carbocycles. The van der Waals surface area contributed by atoms with Gasteiger partial charge >= 0.3 is 6.09 Å². The number of aromatic nitrogens is 1. The van der Waals surface area contributed by atoms with Gasteiger partial charge in [-0.25, -0.2) is 4.79 Å². The number of cyclic esters (lactones) is 1. The second kappa shape index (κ2) is 11.9. The highest BCUT2D eigenvalue weighted by Crippen LogP contribution is 2.38. The van der Waals surface area contributed by atoms with Crippen LogP contribution in [-0.2, 0) is 4.74 Å². The first-order valence-electron chi connectivity index (χ1n) is 13.1. The third-order valence-electron chi connectivity index (χ3n) is 6.64. The summed E-state index contributed by atoms with van der Waals surface area (Å²) in [4.78, 5) is 18.2. The molecule has 0 saturated carbocycles. The van der Waals surface area contributed by atoms with Crippen LogP contribution in [-0.4, -0.2) is 55.5 Å². The Balaban J connectivity index is 1.37. The minimum Gasteiger partial charge on any atom is -0.493 e. The number of fused-ring (bicyclic) bond motifs is 1. The third kappa shape index (κ3) is 5.89. The Labute approximate surface area is 238 Å². The summed E-state index contributed by atoms with van der Waals surface area (Å²) in [5, 5.41) is 13.8. The first-order valence-corrected chi connectivity index (χ1v) is 13.1. The van der Waals surface area contributed by atoms with Crippen molar-refractivity contribution in [2.75, 3.05) is 32.7 Å². The largest absolute Gasteiger partial charge is 0.493 e. The van der Waals surface area contributed by atoms with E-state index in [9.17, 15) is 10.1 Å². The molecule has 1 aromatic heterocycles. The highest BCUT2D eigenvalue weighted by atomic mass is 16.6. The van der Waals surface area contributed by atoms with Gasteiger partial charge in [-0.2, -0.15) is 5.26 Å². The minimum atomic E-state index is -0.397.